The van der Waals surface area contributed by atoms with Gasteiger partial charge in [0, 0.05) is 19.1 Å². The SMILES string of the molecule is Cc1nc(N2CCC(NC(=O)c3scnc3C)CC2)c2c(CC(C)C)csc2n1. The molecule has 154 valence electrons. The third kappa shape index (κ3) is 4.28. The maximum absolute atomic E-state index is 12.5. The van der Waals surface area contributed by atoms with Crippen LogP contribution in [0.4, 0.5) is 5.82 Å². The highest BCUT2D eigenvalue weighted by Gasteiger charge is 2.26. The molecular formula is C21H27N5OS2. The van der Waals surface area contributed by atoms with E-state index in [1.165, 1.54) is 22.3 Å². The van der Waals surface area contributed by atoms with Crippen molar-refractivity contribution in [3.63, 3.8) is 0 Å². The number of thiazole rings is 1. The molecule has 0 spiro atoms. The number of aryl methyl sites for hydroxylation is 2. The molecule has 4 heterocycles. The predicted octanol–water partition coefficient (Wildman–Crippen LogP) is 4.36. The van der Waals surface area contributed by atoms with E-state index in [1.54, 1.807) is 16.8 Å². The Kier molecular flexibility index (Phi) is 5.83. The fraction of sp³-hybridized carbons (Fsp3) is 0.524. The summed E-state index contributed by atoms with van der Waals surface area (Å²) in [6.45, 7) is 10.1. The van der Waals surface area contributed by atoms with Gasteiger partial charge in [0.1, 0.15) is 21.3 Å². The summed E-state index contributed by atoms with van der Waals surface area (Å²) in [4.78, 5) is 30.4. The quantitative estimate of drug-likeness (QED) is 0.652. The zero-order valence-electron chi connectivity index (χ0n) is 17.4. The zero-order chi connectivity index (χ0) is 20.5. The van der Waals surface area contributed by atoms with Crippen LogP contribution in [0.15, 0.2) is 10.9 Å². The van der Waals surface area contributed by atoms with Crippen LogP contribution in [0.25, 0.3) is 10.2 Å². The standard InChI is InChI=1S/C21H27N5OS2/c1-12(2)9-15-10-28-21-17(15)19(23-14(4)24-21)26-7-5-16(6-8-26)25-20(27)18-13(3)22-11-29-18/h10-12,16H,5-9H2,1-4H3,(H,25,27). The van der Waals surface area contributed by atoms with Crippen LogP contribution in [0.2, 0.25) is 0 Å². The largest absolute Gasteiger partial charge is 0.356 e. The summed E-state index contributed by atoms with van der Waals surface area (Å²) in [5.41, 5.74) is 3.88. The molecule has 3 aromatic heterocycles. The average molecular weight is 430 g/mol. The minimum Gasteiger partial charge on any atom is -0.356 e. The van der Waals surface area contributed by atoms with Crippen LogP contribution in [0, 0.1) is 19.8 Å². The van der Waals surface area contributed by atoms with E-state index in [2.05, 4.69) is 39.4 Å². The van der Waals surface area contributed by atoms with Gasteiger partial charge in [0.05, 0.1) is 16.6 Å². The Morgan fingerprint density at radius 2 is 2.00 bits per heavy atom. The predicted molar refractivity (Wildman–Crippen MR) is 120 cm³/mol. The maximum Gasteiger partial charge on any atom is 0.263 e. The van der Waals surface area contributed by atoms with Gasteiger partial charge >= 0.3 is 0 Å². The highest BCUT2D eigenvalue weighted by molar-refractivity contribution is 7.17. The molecule has 0 saturated carbocycles. The van der Waals surface area contributed by atoms with E-state index >= 15 is 0 Å². The van der Waals surface area contributed by atoms with Crippen molar-refractivity contribution in [3.8, 4) is 0 Å². The van der Waals surface area contributed by atoms with Crippen molar-refractivity contribution >= 4 is 44.6 Å². The molecule has 1 saturated heterocycles. The minimum absolute atomic E-state index is 0.000718. The first kappa shape index (κ1) is 20.2. The lowest BCUT2D eigenvalue weighted by Crippen LogP contribution is -2.45. The van der Waals surface area contributed by atoms with Gasteiger partial charge in [0.2, 0.25) is 0 Å². The Labute approximate surface area is 179 Å². The van der Waals surface area contributed by atoms with Crippen molar-refractivity contribution in [3.05, 3.63) is 32.8 Å². The lowest BCUT2D eigenvalue weighted by molar-refractivity contribution is 0.0934. The van der Waals surface area contributed by atoms with Crippen LogP contribution < -0.4 is 10.2 Å². The molecule has 0 radical (unpaired) electrons. The van der Waals surface area contributed by atoms with E-state index in [-0.39, 0.29) is 11.9 Å². The van der Waals surface area contributed by atoms with E-state index < -0.39 is 0 Å². The molecule has 8 heteroatoms. The number of rotatable bonds is 5. The van der Waals surface area contributed by atoms with Crippen LogP contribution in [0.1, 0.15) is 53.4 Å². The summed E-state index contributed by atoms with van der Waals surface area (Å²) in [6, 6.07) is 0.191. The number of carbonyl (C=O) groups excluding carboxylic acids is 1. The third-order valence-electron chi connectivity index (χ3n) is 5.31. The average Bonchev–Trinajstić information content (AvgIpc) is 3.27. The molecule has 29 heavy (non-hydrogen) atoms. The number of nitrogens with one attached hydrogen (secondary N) is 1. The molecule has 1 fully saturated rings. The Morgan fingerprint density at radius 1 is 1.24 bits per heavy atom. The maximum atomic E-state index is 12.5. The Hall–Kier alpha value is -2.06. The summed E-state index contributed by atoms with van der Waals surface area (Å²) in [6.07, 6.45) is 2.87. The van der Waals surface area contributed by atoms with Gasteiger partial charge in [-0.2, -0.15) is 0 Å². The van der Waals surface area contributed by atoms with Gasteiger partial charge in [-0.25, -0.2) is 15.0 Å². The summed E-state index contributed by atoms with van der Waals surface area (Å²) in [5.74, 6) is 2.48. The molecule has 0 atom stereocenters. The Morgan fingerprint density at radius 3 is 2.66 bits per heavy atom. The monoisotopic (exact) mass is 429 g/mol. The topological polar surface area (TPSA) is 71.0 Å². The van der Waals surface area contributed by atoms with E-state index in [0.29, 0.717) is 5.92 Å². The number of fused-ring (bicyclic) bond motifs is 1. The molecule has 1 amide bonds. The zero-order valence-corrected chi connectivity index (χ0v) is 19.0. The van der Waals surface area contributed by atoms with E-state index in [4.69, 9.17) is 4.98 Å². The summed E-state index contributed by atoms with van der Waals surface area (Å²) in [7, 11) is 0. The number of nitrogens with zero attached hydrogens (tertiary/aromatic N) is 4. The van der Waals surface area contributed by atoms with Crippen LogP contribution in [0.3, 0.4) is 0 Å². The van der Waals surface area contributed by atoms with Gasteiger partial charge in [-0.3, -0.25) is 4.79 Å². The number of hydrogen-bond acceptors (Lipinski definition) is 7. The van der Waals surface area contributed by atoms with Crippen LogP contribution >= 0.6 is 22.7 Å². The number of piperidine rings is 1. The fourth-order valence-electron chi connectivity index (χ4n) is 3.91. The van der Waals surface area contributed by atoms with Gasteiger partial charge in [0.25, 0.3) is 5.91 Å². The number of thiophene rings is 1. The molecule has 4 rings (SSSR count). The molecule has 3 aromatic rings. The summed E-state index contributed by atoms with van der Waals surface area (Å²) < 4.78 is 0. The molecule has 0 aliphatic carbocycles. The molecule has 1 N–H and O–H groups in total. The van der Waals surface area contributed by atoms with Gasteiger partial charge in [-0.1, -0.05) is 13.8 Å². The van der Waals surface area contributed by atoms with E-state index in [1.807, 2.05) is 13.8 Å². The molecule has 0 bridgehead atoms. The number of amides is 1. The summed E-state index contributed by atoms with van der Waals surface area (Å²) >= 11 is 3.12. The highest BCUT2D eigenvalue weighted by atomic mass is 32.1. The second kappa shape index (κ2) is 8.36. The number of carbonyl (C=O) groups is 1. The Balaban J connectivity index is 1.49. The fourth-order valence-corrected chi connectivity index (χ4v) is 5.61. The number of aromatic nitrogens is 3. The lowest BCUT2D eigenvalue weighted by atomic mass is 10.0. The van der Waals surface area contributed by atoms with Crippen LogP contribution in [-0.2, 0) is 6.42 Å². The van der Waals surface area contributed by atoms with Crippen LogP contribution in [-0.4, -0.2) is 40.0 Å². The summed E-state index contributed by atoms with van der Waals surface area (Å²) in [5, 5.41) is 6.65. The van der Waals surface area contributed by atoms with Crippen molar-refractivity contribution in [1.29, 1.82) is 0 Å². The van der Waals surface area contributed by atoms with Crippen molar-refractivity contribution in [2.45, 2.75) is 53.0 Å². The molecule has 0 unspecified atom stereocenters. The van der Waals surface area contributed by atoms with Crippen molar-refractivity contribution in [2.75, 3.05) is 18.0 Å². The number of hydrogen-bond donors (Lipinski definition) is 1. The molecule has 0 aromatic carbocycles. The van der Waals surface area contributed by atoms with Gasteiger partial charge in [0.15, 0.2) is 0 Å². The molecular weight excluding hydrogens is 402 g/mol. The van der Waals surface area contributed by atoms with Gasteiger partial charge < -0.3 is 10.2 Å². The van der Waals surface area contributed by atoms with Crippen molar-refractivity contribution < 1.29 is 4.79 Å². The lowest BCUT2D eigenvalue weighted by Gasteiger charge is -2.33. The molecule has 1 aliphatic rings. The molecule has 6 nitrogen and oxygen atoms in total. The first-order chi connectivity index (χ1) is 13.9. The van der Waals surface area contributed by atoms with Crippen molar-refractivity contribution in [2.24, 2.45) is 5.92 Å². The van der Waals surface area contributed by atoms with E-state index in [0.717, 1.165) is 59.4 Å². The second-order valence-corrected chi connectivity index (χ2v) is 9.85. The third-order valence-corrected chi connectivity index (χ3v) is 7.16. The van der Waals surface area contributed by atoms with Gasteiger partial charge in [-0.15, -0.1) is 22.7 Å². The first-order valence-electron chi connectivity index (χ1n) is 10.1. The normalized spacial score (nSPS) is 15.4. The van der Waals surface area contributed by atoms with Crippen molar-refractivity contribution in [1.82, 2.24) is 20.3 Å². The highest BCUT2D eigenvalue weighted by Crippen LogP contribution is 2.34. The molecule has 1 aliphatic heterocycles. The number of anilines is 1. The second-order valence-electron chi connectivity index (χ2n) is 8.14. The first-order valence-corrected chi connectivity index (χ1v) is 11.9. The minimum atomic E-state index is 0.000718. The smallest absolute Gasteiger partial charge is 0.263 e. The Bertz CT molecular complexity index is 1020. The van der Waals surface area contributed by atoms with E-state index in [9.17, 15) is 4.79 Å². The van der Waals surface area contributed by atoms with Crippen LogP contribution in [0.5, 0.6) is 0 Å². The van der Waals surface area contributed by atoms with Gasteiger partial charge in [-0.05, 0) is 50.0 Å².